The Labute approximate surface area is 124 Å². The molecule has 0 aromatic heterocycles. The van der Waals surface area contributed by atoms with Crippen LogP contribution in [0.4, 0.5) is 4.39 Å². The van der Waals surface area contributed by atoms with Gasteiger partial charge in [-0.05, 0) is 19.9 Å². The van der Waals surface area contributed by atoms with Gasteiger partial charge in [0, 0.05) is 30.8 Å². The second-order valence-electron chi connectivity index (χ2n) is 6.07. The summed E-state index contributed by atoms with van der Waals surface area (Å²) in [5, 5.41) is 16.6. The number of rotatable bonds is 4. The molecule has 1 atom stereocenters. The molecule has 1 aliphatic heterocycles. The maximum atomic E-state index is 14.1. The monoisotopic (exact) mass is 295 g/mol. The lowest BCUT2D eigenvalue weighted by molar-refractivity contribution is -0.150. The number of ether oxygens (including phenoxy) is 1. The summed E-state index contributed by atoms with van der Waals surface area (Å²) in [7, 11) is 0. The topological polar surface area (TPSA) is 82.6 Å². The lowest BCUT2D eigenvalue weighted by atomic mass is 10.0. The molecule has 6 heteroatoms. The maximum Gasteiger partial charge on any atom is 0.128 e. The quantitative estimate of drug-likeness (QED) is 0.573. The van der Waals surface area contributed by atoms with Gasteiger partial charge in [-0.1, -0.05) is 12.1 Å². The van der Waals surface area contributed by atoms with Gasteiger partial charge in [0.1, 0.15) is 11.7 Å². The smallest absolute Gasteiger partial charge is 0.128 e. The second kappa shape index (κ2) is 6.09. The maximum absolute atomic E-state index is 14.1. The Bertz CT molecular complexity index is 534. The van der Waals surface area contributed by atoms with Gasteiger partial charge < -0.3 is 15.6 Å². The van der Waals surface area contributed by atoms with Crippen LogP contribution >= 0.6 is 0 Å². The number of nitrogens with one attached hydrogen (secondary N) is 1. The van der Waals surface area contributed by atoms with Gasteiger partial charge in [-0.2, -0.15) is 0 Å². The number of amidine groups is 1. The Morgan fingerprint density at radius 1 is 1.57 bits per heavy atom. The van der Waals surface area contributed by atoms with E-state index in [0.717, 1.165) is 0 Å². The van der Waals surface area contributed by atoms with Crippen molar-refractivity contribution in [2.45, 2.75) is 32.1 Å². The van der Waals surface area contributed by atoms with Crippen molar-refractivity contribution >= 4 is 5.84 Å². The first kappa shape index (κ1) is 15.9. The summed E-state index contributed by atoms with van der Waals surface area (Å²) in [6.07, 6.45) is -0.256. The van der Waals surface area contributed by atoms with E-state index in [1.807, 2.05) is 13.8 Å². The van der Waals surface area contributed by atoms with Crippen LogP contribution in [-0.2, 0) is 11.3 Å². The number of hydrogen-bond donors (Lipinski definition) is 3. The average molecular weight is 295 g/mol. The lowest BCUT2D eigenvalue weighted by Gasteiger charge is -2.42. The molecular weight excluding hydrogens is 273 g/mol. The van der Waals surface area contributed by atoms with Gasteiger partial charge in [0.25, 0.3) is 0 Å². The van der Waals surface area contributed by atoms with Crippen molar-refractivity contribution < 1.29 is 14.2 Å². The van der Waals surface area contributed by atoms with Crippen molar-refractivity contribution in [1.29, 1.82) is 5.41 Å². The zero-order chi connectivity index (χ0) is 15.6. The summed E-state index contributed by atoms with van der Waals surface area (Å²) in [5.74, 6) is -0.513. The van der Waals surface area contributed by atoms with E-state index in [1.54, 1.807) is 12.1 Å². The Balaban J connectivity index is 2.12. The molecule has 2 rings (SSSR count). The lowest BCUT2D eigenvalue weighted by Crippen LogP contribution is -2.53. The fourth-order valence-electron chi connectivity index (χ4n) is 2.72. The summed E-state index contributed by atoms with van der Waals surface area (Å²) in [4.78, 5) is 2.07. The van der Waals surface area contributed by atoms with Crippen LogP contribution in [0.2, 0.25) is 0 Å². The Morgan fingerprint density at radius 2 is 2.29 bits per heavy atom. The summed E-state index contributed by atoms with van der Waals surface area (Å²) < 4.78 is 19.8. The predicted octanol–water partition coefficient (Wildman–Crippen LogP) is 1.08. The molecular formula is C15H22FN3O2. The van der Waals surface area contributed by atoms with Crippen molar-refractivity contribution in [2.24, 2.45) is 5.73 Å². The minimum absolute atomic E-state index is 0.0499. The Morgan fingerprint density at radius 3 is 2.86 bits per heavy atom. The predicted molar refractivity (Wildman–Crippen MR) is 78.7 cm³/mol. The molecule has 1 aromatic rings. The number of aliphatic hydroxyl groups is 1. The van der Waals surface area contributed by atoms with Crippen molar-refractivity contribution in [1.82, 2.24) is 4.90 Å². The number of morpholine rings is 1. The molecule has 1 heterocycles. The molecule has 116 valence electrons. The standard InChI is InChI=1S/C15H22FN3O2/c1-15(2)9-19(7-12(8-20)21-15)6-11-4-3-10(14(17)18)5-13(11)16/h3-5,12,20H,6-9H2,1-2H3,(H3,17,18). The molecule has 0 amide bonds. The summed E-state index contributed by atoms with van der Waals surface area (Å²) in [6.45, 7) is 5.53. The molecule has 1 aliphatic rings. The molecule has 0 radical (unpaired) electrons. The third-order valence-electron chi connectivity index (χ3n) is 3.51. The molecule has 1 fully saturated rings. The van der Waals surface area contributed by atoms with Gasteiger partial charge >= 0.3 is 0 Å². The van der Waals surface area contributed by atoms with E-state index in [9.17, 15) is 9.50 Å². The Kier molecular flexibility index (Phi) is 4.61. The van der Waals surface area contributed by atoms with Gasteiger partial charge in [0.2, 0.25) is 0 Å². The van der Waals surface area contributed by atoms with E-state index < -0.39 is 0 Å². The summed E-state index contributed by atoms with van der Waals surface area (Å²) in [6, 6.07) is 4.59. The van der Waals surface area contributed by atoms with E-state index in [-0.39, 0.29) is 30.0 Å². The van der Waals surface area contributed by atoms with Gasteiger partial charge in [-0.3, -0.25) is 10.3 Å². The third-order valence-corrected chi connectivity index (χ3v) is 3.51. The highest BCUT2D eigenvalue weighted by atomic mass is 19.1. The number of benzene rings is 1. The SMILES string of the molecule is CC1(C)CN(Cc2ccc(C(=N)N)cc2F)CC(CO)O1. The zero-order valence-corrected chi connectivity index (χ0v) is 12.4. The molecule has 1 unspecified atom stereocenters. The first-order valence-electron chi connectivity index (χ1n) is 6.94. The van der Waals surface area contributed by atoms with Crippen LogP contribution in [0.1, 0.15) is 25.0 Å². The van der Waals surface area contributed by atoms with Crippen LogP contribution in [-0.4, -0.2) is 47.2 Å². The largest absolute Gasteiger partial charge is 0.394 e. The zero-order valence-electron chi connectivity index (χ0n) is 12.4. The van der Waals surface area contributed by atoms with Crippen LogP contribution in [0.3, 0.4) is 0 Å². The highest BCUT2D eigenvalue weighted by Gasteiger charge is 2.33. The van der Waals surface area contributed by atoms with Gasteiger partial charge in [-0.15, -0.1) is 0 Å². The van der Waals surface area contributed by atoms with Crippen LogP contribution < -0.4 is 5.73 Å². The van der Waals surface area contributed by atoms with Crippen molar-refractivity contribution in [3.05, 3.63) is 35.1 Å². The molecule has 1 saturated heterocycles. The van der Waals surface area contributed by atoms with Gasteiger partial charge in [0.15, 0.2) is 0 Å². The average Bonchev–Trinajstić information content (AvgIpc) is 2.39. The van der Waals surface area contributed by atoms with E-state index in [1.165, 1.54) is 6.07 Å². The van der Waals surface area contributed by atoms with E-state index in [2.05, 4.69) is 4.90 Å². The van der Waals surface area contributed by atoms with Crippen molar-refractivity contribution in [3.8, 4) is 0 Å². The first-order chi connectivity index (χ1) is 9.80. The number of aliphatic hydroxyl groups excluding tert-OH is 1. The third kappa shape index (κ3) is 4.00. The van der Waals surface area contributed by atoms with Gasteiger partial charge in [0.05, 0.1) is 18.3 Å². The first-order valence-corrected chi connectivity index (χ1v) is 6.94. The summed E-state index contributed by atoms with van der Waals surface area (Å²) >= 11 is 0. The molecule has 0 saturated carbocycles. The van der Waals surface area contributed by atoms with Gasteiger partial charge in [-0.25, -0.2) is 4.39 Å². The Hall–Kier alpha value is -1.50. The number of nitrogens with two attached hydrogens (primary N) is 1. The fourth-order valence-corrected chi connectivity index (χ4v) is 2.72. The second-order valence-corrected chi connectivity index (χ2v) is 6.07. The highest BCUT2D eigenvalue weighted by molar-refractivity contribution is 5.94. The van der Waals surface area contributed by atoms with Crippen molar-refractivity contribution in [3.63, 3.8) is 0 Å². The van der Waals surface area contributed by atoms with Crippen LogP contribution in [0, 0.1) is 11.2 Å². The number of halogens is 1. The molecule has 5 nitrogen and oxygen atoms in total. The van der Waals surface area contributed by atoms with Crippen LogP contribution in [0.15, 0.2) is 18.2 Å². The van der Waals surface area contributed by atoms with E-state index in [0.29, 0.717) is 30.8 Å². The molecule has 0 spiro atoms. The number of nitrogen functional groups attached to an aromatic ring is 1. The molecule has 21 heavy (non-hydrogen) atoms. The summed E-state index contributed by atoms with van der Waals surface area (Å²) in [5.41, 5.74) is 5.91. The molecule has 4 N–H and O–H groups in total. The highest BCUT2D eigenvalue weighted by Crippen LogP contribution is 2.23. The molecule has 0 aliphatic carbocycles. The molecule has 0 bridgehead atoms. The minimum atomic E-state index is -0.374. The number of nitrogens with zero attached hydrogens (tertiary/aromatic N) is 1. The van der Waals surface area contributed by atoms with E-state index >= 15 is 0 Å². The minimum Gasteiger partial charge on any atom is -0.394 e. The fraction of sp³-hybridized carbons (Fsp3) is 0.533. The molecule has 1 aromatic carbocycles. The van der Waals surface area contributed by atoms with Crippen LogP contribution in [0.25, 0.3) is 0 Å². The van der Waals surface area contributed by atoms with E-state index in [4.69, 9.17) is 15.9 Å². The number of hydrogen-bond acceptors (Lipinski definition) is 4. The van der Waals surface area contributed by atoms with Crippen molar-refractivity contribution in [2.75, 3.05) is 19.7 Å². The normalized spacial score (nSPS) is 22.2. The van der Waals surface area contributed by atoms with Crippen LogP contribution in [0.5, 0.6) is 0 Å².